The number of para-hydroxylation sites is 1. The van der Waals surface area contributed by atoms with Crippen LogP contribution in [-0.4, -0.2) is 24.7 Å². The van der Waals surface area contributed by atoms with Gasteiger partial charge < -0.3 is 9.32 Å². The molecule has 2 aromatic carbocycles. The summed E-state index contributed by atoms with van der Waals surface area (Å²) in [4.78, 5) is 14.5. The second-order valence-corrected chi connectivity index (χ2v) is 7.66. The molecule has 1 aliphatic rings. The Hall–Kier alpha value is -3.34. The van der Waals surface area contributed by atoms with Crippen LogP contribution in [0.5, 0.6) is 0 Å². The number of allylic oxidation sites excluding steroid dienone is 1. The van der Waals surface area contributed by atoms with Crippen molar-refractivity contribution in [2.45, 2.75) is 26.3 Å². The molecule has 142 valence electrons. The van der Waals surface area contributed by atoms with Gasteiger partial charge in [0.05, 0.1) is 11.8 Å². The quantitative estimate of drug-likeness (QED) is 0.528. The molecule has 0 fully saturated rings. The summed E-state index contributed by atoms with van der Waals surface area (Å²) in [7, 11) is 2.10. The Morgan fingerprint density at radius 1 is 1.18 bits per heavy atom. The highest BCUT2D eigenvalue weighted by atomic mass is 16.3. The van der Waals surface area contributed by atoms with E-state index in [0.717, 1.165) is 10.9 Å². The van der Waals surface area contributed by atoms with Gasteiger partial charge >= 0.3 is 5.91 Å². The van der Waals surface area contributed by atoms with Crippen molar-refractivity contribution < 1.29 is 9.21 Å². The Kier molecular flexibility index (Phi) is 4.30. The summed E-state index contributed by atoms with van der Waals surface area (Å²) >= 11 is 0. The van der Waals surface area contributed by atoms with Crippen LogP contribution in [0.4, 0.5) is 5.69 Å². The van der Waals surface area contributed by atoms with Gasteiger partial charge in [0.15, 0.2) is 5.76 Å². The van der Waals surface area contributed by atoms with Crippen LogP contribution in [0.3, 0.4) is 0 Å². The van der Waals surface area contributed by atoms with Crippen LogP contribution >= 0.6 is 0 Å². The highest BCUT2D eigenvalue weighted by Gasteiger charge is 2.28. The number of furan rings is 1. The molecule has 1 aromatic heterocycles. The van der Waals surface area contributed by atoms with E-state index < -0.39 is 0 Å². The monoisotopic (exact) mass is 373 g/mol. The summed E-state index contributed by atoms with van der Waals surface area (Å²) in [6.45, 7) is 6.52. The first kappa shape index (κ1) is 18.0. The van der Waals surface area contributed by atoms with Crippen molar-refractivity contribution in [3.63, 3.8) is 0 Å². The van der Waals surface area contributed by atoms with Crippen LogP contribution in [0, 0.1) is 0 Å². The second-order valence-electron chi connectivity index (χ2n) is 7.66. The van der Waals surface area contributed by atoms with Gasteiger partial charge in [-0.2, -0.15) is 5.10 Å². The maximum Gasteiger partial charge on any atom is 0.307 e. The van der Waals surface area contributed by atoms with E-state index >= 15 is 0 Å². The highest BCUT2D eigenvalue weighted by molar-refractivity contribution is 5.96. The summed E-state index contributed by atoms with van der Waals surface area (Å²) in [5.74, 6) is -0.130. The normalized spacial score (nSPS) is 15.6. The van der Waals surface area contributed by atoms with Gasteiger partial charge in [-0.05, 0) is 56.2 Å². The minimum atomic E-state index is -0.372. The number of anilines is 1. The number of hydrogen-bond donors (Lipinski definition) is 1. The number of hydrogen-bond acceptors (Lipinski definition) is 4. The Morgan fingerprint density at radius 3 is 2.75 bits per heavy atom. The maximum atomic E-state index is 12.3. The van der Waals surface area contributed by atoms with Gasteiger partial charge in [0.1, 0.15) is 5.58 Å². The second kappa shape index (κ2) is 6.68. The van der Waals surface area contributed by atoms with E-state index in [0.29, 0.717) is 5.58 Å². The number of nitrogens with one attached hydrogen (secondary N) is 1. The van der Waals surface area contributed by atoms with Crippen molar-refractivity contribution in [1.29, 1.82) is 0 Å². The third-order valence-corrected chi connectivity index (χ3v) is 5.27. The van der Waals surface area contributed by atoms with Gasteiger partial charge in [-0.3, -0.25) is 4.79 Å². The average Bonchev–Trinajstić information content (AvgIpc) is 3.10. The summed E-state index contributed by atoms with van der Waals surface area (Å²) in [6.07, 6.45) is 3.91. The molecule has 4 rings (SSSR count). The van der Waals surface area contributed by atoms with Gasteiger partial charge in [-0.15, -0.1) is 0 Å². The van der Waals surface area contributed by atoms with E-state index in [9.17, 15) is 4.79 Å². The fourth-order valence-electron chi connectivity index (χ4n) is 3.57. The predicted octanol–water partition coefficient (Wildman–Crippen LogP) is 4.83. The lowest BCUT2D eigenvalue weighted by molar-refractivity contribution is 0.0929. The number of carbonyl (C=O) groups is 1. The van der Waals surface area contributed by atoms with Crippen molar-refractivity contribution >= 4 is 34.4 Å². The topological polar surface area (TPSA) is 57.8 Å². The van der Waals surface area contributed by atoms with Crippen LogP contribution in [-0.2, 0) is 0 Å². The van der Waals surface area contributed by atoms with Gasteiger partial charge in [0, 0.05) is 23.7 Å². The standard InChI is InChI=1S/C23H23N3O2/c1-15-13-23(2,3)26(4)19-10-9-16(11-18(15)19)14-24-25-22(27)21-12-17-7-5-6-8-20(17)28-21/h5-14H,1-4H3,(H,25,27)/b24-14+. The van der Waals surface area contributed by atoms with E-state index in [1.165, 1.54) is 16.8 Å². The molecule has 3 aromatic rings. The Labute approximate surface area is 164 Å². The molecule has 1 N–H and O–H groups in total. The van der Waals surface area contributed by atoms with Crippen LogP contribution in [0.25, 0.3) is 16.5 Å². The molecule has 5 heteroatoms. The van der Waals surface area contributed by atoms with Crippen molar-refractivity contribution in [2.75, 3.05) is 11.9 Å². The average molecular weight is 373 g/mol. The van der Waals surface area contributed by atoms with E-state index in [-0.39, 0.29) is 17.2 Å². The predicted molar refractivity (Wildman–Crippen MR) is 114 cm³/mol. The number of carbonyl (C=O) groups excluding carboxylic acids is 1. The van der Waals surface area contributed by atoms with E-state index in [1.807, 2.05) is 30.3 Å². The minimum Gasteiger partial charge on any atom is -0.451 e. The van der Waals surface area contributed by atoms with Crippen LogP contribution in [0.15, 0.2) is 64.1 Å². The zero-order chi connectivity index (χ0) is 19.9. The van der Waals surface area contributed by atoms with E-state index in [2.05, 4.69) is 61.5 Å². The number of hydrazone groups is 1. The van der Waals surface area contributed by atoms with Crippen LogP contribution < -0.4 is 10.3 Å². The zero-order valence-electron chi connectivity index (χ0n) is 16.5. The molecule has 0 saturated carbocycles. The smallest absolute Gasteiger partial charge is 0.307 e. The molecule has 0 radical (unpaired) electrons. The maximum absolute atomic E-state index is 12.3. The summed E-state index contributed by atoms with van der Waals surface area (Å²) in [6, 6.07) is 15.4. The van der Waals surface area contributed by atoms with Gasteiger partial charge in [0.2, 0.25) is 0 Å². The van der Waals surface area contributed by atoms with Crippen molar-refractivity contribution in [1.82, 2.24) is 5.43 Å². The van der Waals surface area contributed by atoms with Gasteiger partial charge in [-0.25, -0.2) is 5.43 Å². The third-order valence-electron chi connectivity index (χ3n) is 5.27. The third kappa shape index (κ3) is 3.20. The molecule has 28 heavy (non-hydrogen) atoms. The largest absolute Gasteiger partial charge is 0.451 e. The number of fused-ring (bicyclic) bond motifs is 2. The molecule has 0 spiro atoms. The van der Waals surface area contributed by atoms with E-state index in [4.69, 9.17) is 4.42 Å². The zero-order valence-corrected chi connectivity index (χ0v) is 16.5. The molecular weight excluding hydrogens is 350 g/mol. The minimum absolute atomic E-state index is 0.0206. The SMILES string of the molecule is CC1=CC(C)(C)N(C)c2ccc(/C=N/NC(=O)c3cc4ccccc4o3)cc21. The first-order chi connectivity index (χ1) is 13.3. The Balaban J connectivity index is 1.51. The Morgan fingerprint density at radius 2 is 1.96 bits per heavy atom. The van der Waals surface area contributed by atoms with Gasteiger partial charge in [0.25, 0.3) is 0 Å². The van der Waals surface area contributed by atoms with Crippen LogP contribution in [0.2, 0.25) is 0 Å². The van der Waals surface area contributed by atoms with Crippen LogP contribution in [0.1, 0.15) is 42.5 Å². The number of likely N-dealkylation sites (N-methyl/N-ethyl adjacent to an activating group) is 1. The first-order valence-corrected chi connectivity index (χ1v) is 9.25. The molecule has 5 nitrogen and oxygen atoms in total. The summed E-state index contributed by atoms with van der Waals surface area (Å²) < 4.78 is 5.55. The van der Waals surface area contributed by atoms with Crippen molar-refractivity contribution in [2.24, 2.45) is 5.10 Å². The van der Waals surface area contributed by atoms with E-state index in [1.54, 1.807) is 12.3 Å². The molecular formula is C23H23N3O2. The summed E-state index contributed by atoms with van der Waals surface area (Å²) in [5, 5.41) is 4.98. The highest BCUT2D eigenvalue weighted by Crippen LogP contribution is 2.37. The lowest BCUT2D eigenvalue weighted by Crippen LogP contribution is -2.42. The fraction of sp³-hybridized carbons (Fsp3) is 0.217. The molecule has 0 atom stereocenters. The molecule has 0 unspecified atom stereocenters. The lowest BCUT2D eigenvalue weighted by atomic mass is 9.89. The molecule has 2 heterocycles. The number of rotatable bonds is 3. The van der Waals surface area contributed by atoms with Gasteiger partial charge in [-0.1, -0.05) is 30.3 Å². The van der Waals surface area contributed by atoms with Crippen molar-refractivity contribution in [3.05, 3.63) is 71.5 Å². The number of benzene rings is 2. The molecule has 1 aliphatic heterocycles. The Bertz CT molecular complexity index is 1090. The number of amides is 1. The fourth-order valence-corrected chi connectivity index (χ4v) is 3.57. The molecule has 0 bridgehead atoms. The summed E-state index contributed by atoms with van der Waals surface area (Å²) in [5.41, 5.74) is 7.71. The molecule has 1 amide bonds. The lowest BCUT2D eigenvalue weighted by Gasteiger charge is -2.40. The van der Waals surface area contributed by atoms with Crippen molar-refractivity contribution in [3.8, 4) is 0 Å². The first-order valence-electron chi connectivity index (χ1n) is 9.25. The molecule has 0 saturated heterocycles. The number of nitrogens with zero attached hydrogens (tertiary/aromatic N) is 2. The molecule has 0 aliphatic carbocycles.